The number of hydrazine groups is 1. The van der Waals surface area contributed by atoms with Crippen molar-refractivity contribution in [2.75, 3.05) is 13.1 Å². The number of amides is 1. The molecule has 86 valence electrons. The quantitative estimate of drug-likeness (QED) is 0.268. The molecule has 15 heavy (non-hydrogen) atoms. The van der Waals surface area contributed by atoms with Gasteiger partial charge in [-0.15, -0.1) is 0 Å². The van der Waals surface area contributed by atoms with Crippen LogP contribution in [-0.4, -0.2) is 24.8 Å². The summed E-state index contributed by atoms with van der Waals surface area (Å²) in [5, 5.41) is 10.7. The van der Waals surface area contributed by atoms with Gasteiger partial charge in [-0.05, 0) is 27.2 Å². The molecule has 0 rings (SSSR count). The number of carbonyl (C=O) groups excluding carboxylic acids is 1. The van der Waals surface area contributed by atoms with E-state index in [1.54, 1.807) is 6.19 Å². The van der Waals surface area contributed by atoms with Crippen molar-refractivity contribution in [3.05, 3.63) is 0 Å². The molecule has 6 heteroatoms. The average molecular weight is 214 g/mol. The molecule has 0 aliphatic rings. The number of hydrogen-bond donors (Lipinski definition) is 3. The Morgan fingerprint density at radius 2 is 2.07 bits per heavy atom. The van der Waals surface area contributed by atoms with E-state index in [1.807, 2.05) is 20.8 Å². The lowest BCUT2D eigenvalue weighted by atomic mass is 10.2. The van der Waals surface area contributed by atoms with Crippen molar-refractivity contribution in [3.8, 4) is 6.19 Å². The third-order valence-electron chi connectivity index (χ3n) is 1.29. The van der Waals surface area contributed by atoms with Gasteiger partial charge in [0.1, 0.15) is 5.60 Å². The second-order valence-corrected chi connectivity index (χ2v) is 3.95. The Hall–Kier alpha value is -1.48. The lowest BCUT2D eigenvalue weighted by Gasteiger charge is -2.19. The predicted octanol–water partition coefficient (Wildman–Crippen LogP) is 0.476. The summed E-state index contributed by atoms with van der Waals surface area (Å²) in [4.78, 5) is 11.1. The van der Waals surface area contributed by atoms with E-state index in [2.05, 4.69) is 16.2 Å². The van der Waals surface area contributed by atoms with Crippen LogP contribution >= 0.6 is 0 Å². The van der Waals surface area contributed by atoms with Gasteiger partial charge in [-0.1, -0.05) is 0 Å². The van der Waals surface area contributed by atoms with Gasteiger partial charge in [0.2, 0.25) is 0 Å². The summed E-state index contributed by atoms with van der Waals surface area (Å²) in [7, 11) is 0. The van der Waals surface area contributed by atoms with Gasteiger partial charge in [0, 0.05) is 13.1 Å². The molecule has 0 bridgehead atoms. The van der Waals surface area contributed by atoms with Gasteiger partial charge < -0.3 is 10.1 Å². The summed E-state index contributed by atoms with van der Waals surface area (Å²) < 4.78 is 5.03. The maximum Gasteiger partial charge on any atom is 0.407 e. The fourth-order valence-electron chi connectivity index (χ4n) is 0.783. The topological polar surface area (TPSA) is 86.2 Å². The fraction of sp³-hybridized carbons (Fsp3) is 0.778. The van der Waals surface area contributed by atoms with Gasteiger partial charge in [0.25, 0.3) is 0 Å². The Morgan fingerprint density at radius 3 is 2.60 bits per heavy atom. The lowest BCUT2D eigenvalue weighted by molar-refractivity contribution is 0.0527. The third kappa shape index (κ3) is 10.4. The highest BCUT2D eigenvalue weighted by Gasteiger charge is 2.15. The summed E-state index contributed by atoms with van der Waals surface area (Å²) >= 11 is 0. The second kappa shape index (κ2) is 6.90. The fourth-order valence-corrected chi connectivity index (χ4v) is 0.783. The monoisotopic (exact) mass is 214 g/mol. The molecule has 0 unspecified atom stereocenters. The number of nitrogens with zero attached hydrogens (tertiary/aromatic N) is 1. The van der Waals surface area contributed by atoms with Crippen LogP contribution in [0.5, 0.6) is 0 Å². The Kier molecular flexibility index (Phi) is 6.22. The smallest absolute Gasteiger partial charge is 0.407 e. The highest BCUT2D eigenvalue weighted by Crippen LogP contribution is 2.05. The Morgan fingerprint density at radius 1 is 1.40 bits per heavy atom. The number of hydrogen-bond acceptors (Lipinski definition) is 5. The summed E-state index contributed by atoms with van der Waals surface area (Å²) in [5.41, 5.74) is 4.47. The van der Waals surface area contributed by atoms with Crippen molar-refractivity contribution >= 4 is 6.09 Å². The maximum absolute atomic E-state index is 11.1. The molecule has 6 nitrogen and oxygen atoms in total. The molecule has 0 spiro atoms. The summed E-state index contributed by atoms with van der Waals surface area (Å²) in [6, 6.07) is 0. The van der Waals surface area contributed by atoms with Gasteiger partial charge >= 0.3 is 6.09 Å². The van der Waals surface area contributed by atoms with E-state index >= 15 is 0 Å². The maximum atomic E-state index is 11.1. The molecule has 0 saturated heterocycles. The van der Waals surface area contributed by atoms with Crippen LogP contribution in [0.1, 0.15) is 27.2 Å². The molecular formula is C9H18N4O2. The Balaban J connectivity index is 3.37. The molecule has 3 N–H and O–H groups in total. The third-order valence-corrected chi connectivity index (χ3v) is 1.29. The number of nitriles is 1. The first-order valence-corrected chi connectivity index (χ1v) is 4.79. The number of rotatable bonds is 5. The van der Waals surface area contributed by atoms with Gasteiger partial charge in [-0.25, -0.2) is 10.2 Å². The van der Waals surface area contributed by atoms with Crippen molar-refractivity contribution in [1.82, 2.24) is 16.2 Å². The molecule has 0 aromatic heterocycles. The highest BCUT2D eigenvalue weighted by atomic mass is 16.6. The van der Waals surface area contributed by atoms with Crippen LogP contribution in [0.3, 0.4) is 0 Å². The van der Waals surface area contributed by atoms with Crippen LogP contribution < -0.4 is 16.2 Å². The van der Waals surface area contributed by atoms with Gasteiger partial charge in [-0.2, -0.15) is 5.26 Å². The summed E-state index contributed by atoms with van der Waals surface area (Å²) in [6.07, 6.45) is 2.02. The van der Waals surface area contributed by atoms with Gasteiger partial charge in [-0.3, -0.25) is 5.43 Å². The van der Waals surface area contributed by atoms with Crippen LogP contribution in [0.4, 0.5) is 4.79 Å². The van der Waals surface area contributed by atoms with E-state index in [-0.39, 0.29) is 0 Å². The lowest BCUT2D eigenvalue weighted by Crippen LogP contribution is -2.35. The molecule has 0 atom stereocenters. The Labute approximate surface area is 89.9 Å². The molecule has 0 aromatic rings. The van der Waals surface area contributed by atoms with Crippen molar-refractivity contribution in [2.45, 2.75) is 32.8 Å². The normalized spacial score (nSPS) is 10.3. The van der Waals surface area contributed by atoms with Crippen LogP contribution in [0, 0.1) is 11.5 Å². The summed E-state index contributed by atoms with van der Waals surface area (Å²) in [5.74, 6) is 0. The van der Waals surface area contributed by atoms with Crippen molar-refractivity contribution in [1.29, 1.82) is 5.26 Å². The zero-order valence-electron chi connectivity index (χ0n) is 9.39. The van der Waals surface area contributed by atoms with E-state index in [0.717, 1.165) is 0 Å². The van der Waals surface area contributed by atoms with Crippen molar-refractivity contribution in [2.24, 2.45) is 0 Å². The molecular weight excluding hydrogens is 196 g/mol. The molecule has 0 radical (unpaired) electrons. The van der Waals surface area contributed by atoms with Crippen molar-refractivity contribution < 1.29 is 9.53 Å². The van der Waals surface area contributed by atoms with Crippen molar-refractivity contribution in [3.63, 3.8) is 0 Å². The van der Waals surface area contributed by atoms with Crippen LogP contribution in [-0.2, 0) is 4.74 Å². The Bertz CT molecular complexity index is 229. The highest BCUT2D eigenvalue weighted by molar-refractivity contribution is 5.67. The average Bonchev–Trinajstić information content (AvgIpc) is 2.08. The van der Waals surface area contributed by atoms with E-state index in [0.29, 0.717) is 19.5 Å². The molecule has 0 saturated carbocycles. The first-order valence-electron chi connectivity index (χ1n) is 4.79. The second-order valence-electron chi connectivity index (χ2n) is 3.95. The van der Waals surface area contributed by atoms with Crippen LogP contribution in [0.25, 0.3) is 0 Å². The van der Waals surface area contributed by atoms with E-state index < -0.39 is 11.7 Å². The zero-order chi connectivity index (χ0) is 11.7. The standard InChI is InChI=1S/C9H18N4O2/c1-9(2,3)15-8(14)11-5-4-6-12-13-7-10/h12-13H,4-6H2,1-3H3,(H,11,14). The van der Waals surface area contributed by atoms with E-state index in [1.165, 1.54) is 0 Å². The number of carbonyl (C=O) groups is 1. The molecule has 0 heterocycles. The molecule has 0 aromatic carbocycles. The van der Waals surface area contributed by atoms with Gasteiger partial charge in [0.05, 0.1) is 0 Å². The van der Waals surface area contributed by atoms with Crippen LogP contribution in [0.15, 0.2) is 0 Å². The molecule has 0 aliphatic carbocycles. The zero-order valence-corrected chi connectivity index (χ0v) is 9.39. The summed E-state index contributed by atoms with van der Waals surface area (Å²) in [6.45, 7) is 6.54. The SMILES string of the molecule is CC(C)(C)OC(=O)NCCCNNC#N. The molecule has 0 aliphatic heterocycles. The van der Waals surface area contributed by atoms with Crippen LogP contribution in [0.2, 0.25) is 0 Å². The van der Waals surface area contributed by atoms with E-state index in [4.69, 9.17) is 10.00 Å². The minimum Gasteiger partial charge on any atom is -0.444 e. The van der Waals surface area contributed by atoms with E-state index in [9.17, 15) is 4.79 Å². The number of alkyl carbamates (subject to hydrolysis) is 1. The minimum absolute atomic E-state index is 0.421. The molecule has 0 fully saturated rings. The number of nitrogens with one attached hydrogen (secondary N) is 3. The minimum atomic E-state index is -0.468. The number of ether oxygens (including phenoxy) is 1. The van der Waals surface area contributed by atoms with Gasteiger partial charge in [0.15, 0.2) is 6.19 Å². The first-order chi connectivity index (χ1) is 6.95. The first kappa shape index (κ1) is 13.5. The largest absolute Gasteiger partial charge is 0.444 e. The predicted molar refractivity (Wildman–Crippen MR) is 55.6 cm³/mol. The molecule has 1 amide bonds.